The van der Waals surface area contributed by atoms with E-state index in [4.69, 9.17) is 26.3 Å². The molecule has 2 aromatic carbocycles. The number of urea groups is 1. The Kier molecular flexibility index (Phi) is 5.45. The van der Waals surface area contributed by atoms with Gasteiger partial charge in [-0.05, 0) is 42.0 Å². The minimum Gasteiger partial charge on any atom is -0.457 e. The minimum absolute atomic E-state index is 0.176. The maximum absolute atomic E-state index is 11.9. The van der Waals surface area contributed by atoms with Crippen LogP contribution in [0.15, 0.2) is 48.5 Å². The Bertz CT molecular complexity index is 782. The average molecular weight is 378 g/mol. The normalized spacial score (nSPS) is 16.2. The summed E-state index contributed by atoms with van der Waals surface area (Å²) in [4.78, 5) is 24.4. The zero-order valence-corrected chi connectivity index (χ0v) is 14.3. The predicted octanol–water partition coefficient (Wildman–Crippen LogP) is 3.10. The zero-order chi connectivity index (χ0) is 18.5. The van der Waals surface area contributed by atoms with Gasteiger partial charge < -0.3 is 19.7 Å². The summed E-state index contributed by atoms with van der Waals surface area (Å²) in [5, 5.41) is 11.6. The molecule has 1 aliphatic heterocycles. The molecule has 0 radical (unpaired) electrons. The highest BCUT2D eigenvalue weighted by atomic mass is 35.5. The molecule has 0 aliphatic carbocycles. The molecule has 1 heterocycles. The molecule has 0 unspecified atom stereocenters. The SMILES string of the molecule is O=C(NO)O[C@@H]1CN(Cc2ccc(Oc3ccc(Cl)cc3)cc2)C(=O)N1. The van der Waals surface area contributed by atoms with E-state index in [-0.39, 0.29) is 12.6 Å². The number of ether oxygens (including phenoxy) is 2. The van der Waals surface area contributed by atoms with E-state index in [2.05, 4.69) is 5.32 Å². The van der Waals surface area contributed by atoms with Gasteiger partial charge in [-0.15, -0.1) is 0 Å². The second kappa shape index (κ2) is 7.94. The number of benzene rings is 2. The van der Waals surface area contributed by atoms with Gasteiger partial charge in [-0.3, -0.25) is 5.21 Å². The molecule has 1 atom stereocenters. The molecule has 9 heteroatoms. The molecule has 3 rings (SSSR count). The fourth-order valence-electron chi connectivity index (χ4n) is 2.44. The molecule has 1 saturated heterocycles. The predicted molar refractivity (Wildman–Crippen MR) is 92.1 cm³/mol. The van der Waals surface area contributed by atoms with Crippen molar-refractivity contribution in [3.8, 4) is 11.5 Å². The van der Waals surface area contributed by atoms with Crippen LogP contribution in [0.1, 0.15) is 5.56 Å². The van der Waals surface area contributed by atoms with E-state index in [0.717, 1.165) is 5.56 Å². The smallest absolute Gasteiger partial charge is 0.433 e. The summed E-state index contributed by atoms with van der Waals surface area (Å²) in [6.45, 7) is 0.517. The van der Waals surface area contributed by atoms with E-state index in [9.17, 15) is 9.59 Å². The lowest BCUT2D eigenvalue weighted by atomic mass is 10.2. The second-order valence-electron chi connectivity index (χ2n) is 5.54. The first kappa shape index (κ1) is 17.8. The highest BCUT2D eigenvalue weighted by molar-refractivity contribution is 6.30. The first-order chi connectivity index (χ1) is 12.5. The number of carbonyl (C=O) groups is 2. The molecule has 1 fully saturated rings. The number of hydroxylamine groups is 1. The summed E-state index contributed by atoms with van der Waals surface area (Å²) in [6.07, 6.45) is -1.84. The lowest BCUT2D eigenvalue weighted by Gasteiger charge is -2.15. The quantitative estimate of drug-likeness (QED) is 0.549. The van der Waals surface area contributed by atoms with E-state index in [0.29, 0.717) is 23.1 Å². The highest BCUT2D eigenvalue weighted by Crippen LogP contribution is 2.24. The van der Waals surface area contributed by atoms with Gasteiger partial charge >= 0.3 is 12.1 Å². The van der Waals surface area contributed by atoms with E-state index >= 15 is 0 Å². The van der Waals surface area contributed by atoms with Gasteiger partial charge in [-0.25, -0.2) is 15.1 Å². The van der Waals surface area contributed by atoms with Crippen molar-refractivity contribution in [2.45, 2.75) is 12.8 Å². The number of amides is 3. The van der Waals surface area contributed by atoms with Crippen molar-refractivity contribution in [3.05, 3.63) is 59.1 Å². The molecule has 3 amide bonds. The molecule has 3 N–H and O–H groups in total. The number of hydrogen-bond donors (Lipinski definition) is 3. The maximum Gasteiger partial charge on any atom is 0.433 e. The van der Waals surface area contributed by atoms with Crippen molar-refractivity contribution in [1.29, 1.82) is 0 Å². The molecule has 0 saturated carbocycles. The van der Waals surface area contributed by atoms with Crippen LogP contribution in [-0.2, 0) is 11.3 Å². The maximum atomic E-state index is 11.9. The summed E-state index contributed by atoms with van der Waals surface area (Å²) >= 11 is 5.84. The molecule has 8 nitrogen and oxygen atoms in total. The van der Waals surface area contributed by atoms with Gasteiger partial charge in [-0.1, -0.05) is 23.7 Å². The van der Waals surface area contributed by atoms with Crippen LogP contribution in [0.5, 0.6) is 11.5 Å². The highest BCUT2D eigenvalue weighted by Gasteiger charge is 2.31. The van der Waals surface area contributed by atoms with Crippen LogP contribution < -0.4 is 15.5 Å². The van der Waals surface area contributed by atoms with Crippen LogP contribution in [0, 0.1) is 0 Å². The van der Waals surface area contributed by atoms with Gasteiger partial charge in [0.1, 0.15) is 11.5 Å². The third-order valence-electron chi connectivity index (χ3n) is 3.64. The number of nitrogens with zero attached hydrogens (tertiary/aromatic N) is 1. The average Bonchev–Trinajstić information content (AvgIpc) is 2.97. The Balaban J connectivity index is 1.56. The zero-order valence-electron chi connectivity index (χ0n) is 13.5. The lowest BCUT2D eigenvalue weighted by molar-refractivity contribution is 0.0524. The molecule has 26 heavy (non-hydrogen) atoms. The molecule has 2 aromatic rings. The summed E-state index contributed by atoms with van der Waals surface area (Å²) in [7, 11) is 0. The number of nitrogens with one attached hydrogen (secondary N) is 2. The first-order valence-electron chi connectivity index (χ1n) is 7.72. The standard InChI is InChI=1S/C17H16ClN3O5/c18-12-3-7-14(8-4-12)25-13-5-1-11(2-6-13)9-21-10-15(19-16(21)22)26-17(23)20-24/h1-8,15,24H,9-10H2,(H,19,22)(H,20,23)/t15-/m1/s1. The Morgan fingerprint density at radius 1 is 1.19 bits per heavy atom. The van der Waals surface area contributed by atoms with Gasteiger partial charge in [0.15, 0.2) is 6.23 Å². The third kappa shape index (κ3) is 4.56. The lowest BCUT2D eigenvalue weighted by Crippen LogP contribution is -2.34. The van der Waals surface area contributed by atoms with Crippen LogP contribution in [0.3, 0.4) is 0 Å². The van der Waals surface area contributed by atoms with Crippen molar-refractivity contribution in [2.75, 3.05) is 6.54 Å². The van der Waals surface area contributed by atoms with E-state index in [1.807, 2.05) is 12.1 Å². The summed E-state index contributed by atoms with van der Waals surface area (Å²) in [5.41, 5.74) is 2.23. The number of carbonyl (C=O) groups excluding carboxylic acids is 2. The molecular formula is C17H16ClN3O5. The Morgan fingerprint density at radius 2 is 1.81 bits per heavy atom. The van der Waals surface area contributed by atoms with Gasteiger partial charge in [0.05, 0.1) is 6.54 Å². The van der Waals surface area contributed by atoms with Crippen molar-refractivity contribution < 1.29 is 24.3 Å². The fourth-order valence-corrected chi connectivity index (χ4v) is 2.56. The van der Waals surface area contributed by atoms with E-state index in [1.54, 1.807) is 36.4 Å². The third-order valence-corrected chi connectivity index (χ3v) is 3.90. The molecule has 0 bridgehead atoms. The van der Waals surface area contributed by atoms with Crippen molar-refractivity contribution in [3.63, 3.8) is 0 Å². The number of rotatable bonds is 5. The summed E-state index contributed by atoms with van der Waals surface area (Å²) in [5.74, 6) is 1.32. The van der Waals surface area contributed by atoms with Crippen LogP contribution in [0.4, 0.5) is 9.59 Å². The fraction of sp³-hybridized carbons (Fsp3) is 0.176. The summed E-state index contributed by atoms with van der Waals surface area (Å²) < 4.78 is 10.5. The number of hydrogen-bond acceptors (Lipinski definition) is 5. The second-order valence-corrected chi connectivity index (χ2v) is 5.97. The van der Waals surface area contributed by atoms with E-state index < -0.39 is 12.3 Å². The first-order valence-corrected chi connectivity index (χ1v) is 8.10. The Hall–Kier alpha value is -2.97. The van der Waals surface area contributed by atoms with Crippen LogP contribution in [-0.4, -0.2) is 35.0 Å². The largest absolute Gasteiger partial charge is 0.457 e. The van der Waals surface area contributed by atoms with Gasteiger partial charge in [-0.2, -0.15) is 0 Å². The molecular weight excluding hydrogens is 362 g/mol. The van der Waals surface area contributed by atoms with Crippen molar-refractivity contribution in [2.24, 2.45) is 0 Å². The van der Waals surface area contributed by atoms with Crippen LogP contribution in [0.25, 0.3) is 0 Å². The molecule has 0 spiro atoms. The monoisotopic (exact) mass is 377 g/mol. The van der Waals surface area contributed by atoms with Gasteiger partial charge in [0.25, 0.3) is 0 Å². The van der Waals surface area contributed by atoms with Gasteiger partial charge in [0, 0.05) is 11.6 Å². The molecule has 136 valence electrons. The topological polar surface area (TPSA) is 100 Å². The Labute approximate surface area is 154 Å². The Morgan fingerprint density at radius 3 is 2.42 bits per heavy atom. The van der Waals surface area contributed by atoms with Crippen molar-refractivity contribution >= 4 is 23.7 Å². The van der Waals surface area contributed by atoms with E-state index in [1.165, 1.54) is 10.4 Å². The molecule has 1 aliphatic rings. The van der Waals surface area contributed by atoms with Crippen molar-refractivity contribution in [1.82, 2.24) is 15.7 Å². The summed E-state index contributed by atoms with van der Waals surface area (Å²) in [6, 6.07) is 13.9. The number of halogens is 1. The minimum atomic E-state index is -1.03. The van der Waals surface area contributed by atoms with Crippen LogP contribution in [0.2, 0.25) is 5.02 Å². The van der Waals surface area contributed by atoms with Gasteiger partial charge in [0.2, 0.25) is 0 Å². The van der Waals surface area contributed by atoms with Crippen LogP contribution >= 0.6 is 11.6 Å². The molecule has 0 aromatic heterocycles.